The van der Waals surface area contributed by atoms with Crippen LogP contribution < -0.4 is 0 Å². The summed E-state index contributed by atoms with van der Waals surface area (Å²) in [5.74, 6) is -0.869. The molecular weight excluding hydrogens is 973 g/mol. The summed E-state index contributed by atoms with van der Waals surface area (Å²) < 4.78 is 17.0. The van der Waals surface area contributed by atoms with E-state index in [1.54, 1.807) is 0 Å². The maximum atomic E-state index is 12.9. The van der Waals surface area contributed by atoms with E-state index in [1.807, 2.05) is 0 Å². The molecule has 0 N–H and O–H groups in total. The van der Waals surface area contributed by atoms with E-state index in [9.17, 15) is 14.4 Å². The molecule has 462 valence electrons. The molecule has 0 amide bonds. The van der Waals surface area contributed by atoms with Crippen LogP contribution in [0.15, 0.2) is 48.6 Å². The van der Waals surface area contributed by atoms with Gasteiger partial charge in [0.1, 0.15) is 13.2 Å². The van der Waals surface area contributed by atoms with Crippen molar-refractivity contribution in [3.63, 3.8) is 0 Å². The van der Waals surface area contributed by atoms with Crippen molar-refractivity contribution < 1.29 is 28.6 Å². The summed E-state index contributed by atoms with van der Waals surface area (Å²) >= 11 is 0. The Labute approximate surface area is 492 Å². The zero-order valence-electron chi connectivity index (χ0n) is 53.2. The van der Waals surface area contributed by atoms with E-state index in [0.29, 0.717) is 19.3 Å². The molecule has 79 heavy (non-hydrogen) atoms. The predicted molar refractivity (Wildman–Crippen MR) is 344 cm³/mol. The van der Waals surface area contributed by atoms with Gasteiger partial charge in [0.25, 0.3) is 0 Å². The molecule has 1 atom stereocenters. The van der Waals surface area contributed by atoms with Crippen LogP contribution in [0.25, 0.3) is 0 Å². The Bertz CT molecular complexity index is 1360. The molecule has 0 heterocycles. The number of rotatable bonds is 65. The summed E-state index contributed by atoms with van der Waals surface area (Å²) in [6.45, 7) is 6.66. The van der Waals surface area contributed by atoms with Crippen LogP contribution >= 0.6 is 0 Å². The lowest BCUT2D eigenvalue weighted by Gasteiger charge is -2.18. The van der Waals surface area contributed by atoms with Crippen molar-refractivity contribution in [2.24, 2.45) is 0 Å². The topological polar surface area (TPSA) is 78.9 Å². The molecule has 0 aliphatic carbocycles. The monoisotopic (exact) mass is 1110 g/mol. The van der Waals surface area contributed by atoms with E-state index >= 15 is 0 Å². The fourth-order valence-corrected chi connectivity index (χ4v) is 10.5. The Kier molecular flexibility index (Phi) is 65.6. The summed E-state index contributed by atoms with van der Waals surface area (Å²) in [6, 6.07) is 0. The molecule has 0 bridgehead atoms. The minimum Gasteiger partial charge on any atom is -0.462 e. The third-order valence-electron chi connectivity index (χ3n) is 15.8. The van der Waals surface area contributed by atoms with E-state index in [1.165, 1.54) is 257 Å². The number of ether oxygens (including phenoxy) is 3. The van der Waals surface area contributed by atoms with Gasteiger partial charge in [-0.2, -0.15) is 0 Å². The van der Waals surface area contributed by atoms with E-state index in [0.717, 1.165) is 83.5 Å². The molecule has 0 aromatic carbocycles. The van der Waals surface area contributed by atoms with Crippen molar-refractivity contribution in [3.05, 3.63) is 48.6 Å². The highest BCUT2D eigenvalue weighted by Crippen LogP contribution is 2.18. The van der Waals surface area contributed by atoms with Gasteiger partial charge >= 0.3 is 17.9 Å². The minimum atomic E-state index is -0.781. The van der Waals surface area contributed by atoms with Gasteiger partial charge in [0, 0.05) is 19.3 Å². The number of hydrogen-bond acceptors (Lipinski definition) is 6. The van der Waals surface area contributed by atoms with Crippen molar-refractivity contribution in [2.75, 3.05) is 13.2 Å². The highest BCUT2D eigenvalue weighted by molar-refractivity contribution is 5.71. The van der Waals surface area contributed by atoms with Crippen LogP contribution in [0, 0.1) is 0 Å². The Hall–Kier alpha value is -2.63. The standard InChI is InChI=1S/C73H134O6/c1-4-7-10-13-16-19-22-25-28-30-32-34-35-36-37-39-40-42-45-48-51-54-57-60-63-66-72(75)78-69-70(68-77-71(74)65-62-59-56-53-50-47-44-27-24-21-18-15-12-9-6-3)79-73(76)67-64-61-58-55-52-49-46-43-41-38-33-31-29-26-23-20-17-14-11-8-5-2/h18,21,23,26-27,31,33,44,70H,4-17,19-20,22,24-25,28-30,32,34-43,45-69H2,1-3H3/b21-18-,26-23-,33-31-,44-27-. The van der Waals surface area contributed by atoms with E-state index in [4.69, 9.17) is 14.2 Å². The first-order valence-corrected chi connectivity index (χ1v) is 35.1. The summed E-state index contributed by atoms with van der Waals surface area (Å²) in [7, 11) is 0. The van der Waals surface area contributed by atoms with Gasteiger partial charge in [-0.25, -0.2) is 0 Å². The zero-order chi connectivity index (χ0) is 57.1. The lowest BCUT2D eigenvalue weighted by atomic mass is 10.0. The molecule has 0 aliphatic heterocycles. The normalized spacial score (nSPS) is 12.3. The number of carbonyl (C=O) groups excluding carboxylic acids is 3. The third-order valence-corrected chi connectivity index (χ3v) is 15.8. The highest BCUT2D eigenvalue weighted by Gasteiger charge is 2.19. The number of esters is 3. The first-order valence-electron chi connectivity index (χ1n) is 35.1. The molecule has 0 fully saturated rings. The fraction of sp³-hybridized carbons (Fsp3) is 0.849. The molecule has 0 aliphatic rings. The molecule has 6 heteroatoms. The molecule has 0 radical (unpaired) electrons. The molecule has 0 saturated carbocycles. The molecule has 0 rings (SSSR count). The lowest BCUT2D eigenvalue weighted by Crippen LogP contribution is -2.30. The molecule has 6 nitrogen and oxygen atoms in total. The van der Waals surface area contributed by atoms with Crippen molar-refractivity contribution in [1.29, 1.82) is 0 Å². The largest absolute Gasteiger partial charge is 0.462 e. The highest BCUT2D eigenvalue weighted by atomic mass is 16.6. The average Bonchev–Trinajstić information content (AvgIpc) is 3.45. The van der Waals surface area contributed by atoms with Crippen molar-refractivity contribution in [3.8, 4) is 0 Å². The van der Waals surface area contributed by atoms with Crippen LogP contribution in [0.1, 0.15) is 380 Å². The van der Waals surface area contributed by atoms with Gasteiger partial charge in [-0.3, -0.25) is 14.4 Å². The van der Waals surface area contributed by atoms with E-state index < -0.39 is 6.10 Å². The molecule has 0 saturated heterocycles. The van der Waals surface area contributed by atoms with Crippen molar-refractivity contribution >= 4 is 17.9 Å². The summed E-state index contributed by atoms with van der Waals surface area (Å²) in [5, 5.41) is 0. The molecule has 0 spiro atoms. The van der Waals surface area contributed by atoms with Crippen molar-refractivity contribution in [2.45, 2.75) is 386 Å². The molecule has 0 aromatic heterocycles. The van der Waals surface area contributed by atoms with Crippen LogP contribution in [0.3, 0.4) is 0 Å². The van der Waals surface area contributed by atoms with Crippen LogP contribution in [-0.4, -0.2) is 37.2 Å². The van der Waals surface area contributed by atoms with E-state index in [-0.39, 0.29) is 31.1 Å². The maximum Gasteiger partial charge on any atom is 0.306 e. The smallest absolute Gasteiger partial charge is 0.306 e. The van der Waals surface area contributed by atoms with Gasteiger partial charge in [0.05, 0.1) is 0 Å². The second-order valence-electron chi connectivity index (χ2n) is 23.8. The van der Waals surface area contributed by atoms with E-state index in [2.05, 4.69) is 69.4 Å². The van der Waals surface area contributed by atoms with Gasteiger partial charge < -0.3 is 14.2 Å². The Morgan fingerprint density at radius 2 is 0.456 bits per heavy atom. The fourth-order valence-electron chi connectivity index (χ4n) is 10.5. The predicted octanol–water partition coefficient (Wildman–Crippen LogP) is 24.1. The van der Waals surface area contributed by atoms with Gasteiger partial charge in [-0.1, -0.05) is 326 Å². The maximum absolute atomic E-state index is 12.9. The van der Waals surface area contributed by atoms with Gasteiger partial charge in [-0.05, 0) is 83.5 Å². The molecule has 0 aromatic rings. The van der Waals surface area contributed by atoms with Crippen LogP contribution in [0.5, 0.6) is 0 Å². The SMILES string of the molecule is CCCCC/C=C\C/C=C\CCCCCCCC(=O)OCC(COC(=O)CCCCCCCCCCCCCCCCCCCCCCCCCCC)OC(=O)CCCCCCCCCCC/C=C\C/C=C\CCCCCCC. The number of unbranched alkanes of at least 4 members (excludes halogenated alkanes) is 46. The van der Waals surface area contributed by atoms with Gasteiger partial charge in [0.15, 0.2) is 6.10 Å². The Balaban J connectivity index is 4.29. The number of carbonyl (C=O) groups is 3. The molecule has 1 unspecified atom stereocenters. The first kappa shape index (κ1) is 76.4. The summed E-state index contributed by atoms with van der Waals surface area (Å²) in [4.78, 5) is 38.4. The second-order valence-corrected chi connectivity index (χ2v) is 23.8. The van der Waals surface area contributed by atoms with Crippen molar-refractivity contribution in [1.82, 2.24) is 0 Å². The van der Waals surface area contributed by atoms with Crippen LogP contribution in [0.2, 0.25) is 0 Å². The number of hydrogen-bond donors (Lipinski definition) is 0. The quantitative estimate of drug-likeness (QED) is 0.0261. The molecular formula is C73H134O6. The first-order chi connectivity index (χ1) is 39.0. The zero-order valence-corrected chi connectivity index (χ0v) is 53.2. The second kappa shape index (κ2) is 67.9. The summed E-state index contributed by atoms with van der Waals surface area (Å²) in [5.41, 5.74) is 0. The van der Waals surface area contributed by atoms with Gasteiger partial charge in [0.2, 0.25) is 0 Å². The Morgan fingerprint density at radius 3 is 0.722 bits per heavy atom. The van der Waals surface area contributed by atoms with Crippen LogP contribution in [-0.2, 0) is 28.6 Å². The lowest BCUT2D eigenvalue weighted by molar-refractivity contribution is -0.167. The van der Waals surface area contributed by atoms with Gasteiger partial charge in [-0.15, -0.1) is 0 Å². The average molecular weight is 1110 g/mol. The minimum absolute atomic E-state index is 0.0755. The number of allylic oxidation sites excluding steroid dienone is 8. The Morgan fingerprint density at radius 1 is 0.253 bits per heavy atom. The van der Waals surface area contributed by atoms with Crippen LogP contribution in [0.4, 0.5) is 0 Å². The summed E-state index contributed by atoms with van der Waals surface area (Å²) in [6.07, 6.45) is 85.6. The third kappa shape index (κ3) is 66.1.